The van der Waals surface area contributed by atoms with Crippen molar-refractivity contribution in [3.8, 4) is 0 Å². The number of amides is 1. The quantitative estimate of drug-likeness (QED) is 0.703. The van der Waals surface area contributed by atoms with Crippen molar-refractivity contribution >= 4 is 26.7 Å². The molecule has 8 heteroatoms. The van der Waals surface area contributed by atoms with E-state index in [4.69, 9.17) is 4.52 Å². The number of hydrogen-bond donors (Lipinski definition) is 0. The molecule has 0 radical (unpaired) electrons. The molecule has 1 aromatic heterocycles. The summed E-state index contributed by atoms with van der Waals surface area (Å²) in [6.07, 6.45) is 1.34. The summed E-state index contributed by atoms with van der Waals surface area (Å²) in [4.78, 5) is 14.1. The van der Waals surface area contributed by atoms with Crippen LogP contribution in [0, 0.1) is 0 Å². The van der Waals surface area contributed by atoms with Crippen LogP contribution >= 0.6 is 0 Å². The zero-order chi connectivity index (χ0) is 18.1. The number of nitrogens with zero attached hydrogens (tertiary/aromatic N) is 3. The van der Waals surface area contributed by atoms with E-state index >= 15 is 0 Å². The molecule has 3 aromatic rings. The van der Waals surface area contributed by atoms with Crippen molar-refractivity contribution in [1.82, 2.24) is 14.4 Å². The van der Waals surface area contributed by atoms with Gasteiger partial charge < -0.3 is 9.42 Å². The van der Waals surface area contributed by atoms with Crippen LogP contribution in [-0.2, 0) is 10.0 Å². The topological polar surface area (TPSA) is 83.7 Å². The average molecular weight is 371 g/mol. The van der Waals surface area contributed by atoms with Crippen molar-refractivity contribution in [3.63, 3.8) is 0 Å². The number of benzene rings is 2. The van der Waals surface area contributed by atoms with Gasteiger partial charge in [0.15, 0.2) is 5.69 Å². The third kappa shape index (κ3) is 2.97. The lowest BCUT2D eigenvalue weighted by Gasteiger charge is -2.33. The molecule has 26 heavy (non-hydrogen) atoms. The molecule has 0 atom stereocenters. The minimum Gasteiger partial charge on any atom is -0.364 e. The number of carbonyl (C=O) groups is 1. The highest BCUT2D eigenvalue weighted by atomic mass is 32.2. The maximum absolute atomic E-state index is 12.9. The second-order valence-corrected chi connectivity index (χ2v) is 8.03. The maximum Gasteiger partial charge on any atom is 0.276 e. The third-order valence-corrected chi connectivity index (χ3v) is 6.44. The number of hydrogen-bond acceptors (Lipinski definition) is 5. The van der Waals surface area contributed by atoms with Gasteiger partial charge >= 0.3 is 0 Å². The standard InChI is InChI=1S/C18H17N3O4S/c22-18(17-7-12-25-19-17)20-8-10-21(11-9-20)26(23,24)16-6-5-14-3-1-2-4-15(14)13-16/h1-7,12-13H,8-11H2. The molecule has 0 saturated carbocycles. The Morgan fingerprint density at radius 1 is 0.962 bits per heavy atom. The van der Waals surface area contributed by atoms with Gasteiger partial charge in [0.25, 0.3) is 5.91 Å². The molecule has 1 amide bonds. The maximum atomic E-state index is 12.9. The lowest BCUT2D eigenvalue weighted by molar-refractivity contribution is 0.0687. The van der Waals surface area contributed by atoms with Crippen LogP contribution < -0.4 is 0 Å². The Labute approximate surface area is 150 Å². The smallest absolute Gasteiger partial charge is 0.276 e. The fraction of sp³-hybridized carbons (Fsp3) is 0.222. The normalized spacial score (nSPS) is 16.1. The van der Waals surface area contributed by atoms with E-state index < -0.39 is 10.0 Å². The molecule has 0 aliphatic carbocycles. The number of aromatic nitrogens is 1. The van der Waals surface area contributed by atoms with Gasteiger partial charge in [0, 0.05) is 32.2 Å². The van der Waals surface area contributed by atoms with Crippen LogP contribution in [0.3, 0.4) is 0 Å². The lowest BCUT2D eigenvalue weighted by atomic mass is 10.1. The monoisotopic (exact) mass is 371 g/mol. The molecule has 2 heterocycles. The van der Waals surface area contributed by atoms with E-state index in [0.717, 1.165) is 10.8 Å². The Bertz CT molecular complexity index is 1040. The van der Waals surface area contributed by atoms with E-state index in [0.29, 0.717) is 13.1 Å². The van der Waals surface area contributed by atoms with E-state index in [9.17, 15) is 13.2 Å². The number of piperazine rings is 1. The minimum atomic E-state index is -3.60. The highest BCUT2D eigenvalue weighted by Crippen LogP contribution is 2.23. The fourth-order valence-electron chi connectivity index (χ4n) is 3.09. The van der Waals surface area contributed by atoms with Gasteiger partial charge in [0.1, 0.15) is 6.26 Å². The molecular weight excluding hydrogens is 354 g/mol. The van der Waals surface area contributed by atoms with Gasteiger partial charge in [-0.3, -0.25) is 4.79 Å². The lowest BCUT2D eigenvalue weighted by Crippen LogP contribution is -2.50. The van der Waals surface area contributed by atoms with Crippen LogP contribution in [0.25, 0.3) is 10.8 Å². The summed E-state index contributed by atoms with van der Waals surface area (Å²) in [6.45, 7) is 1.13. The van der Waals surface area contributed by atoms with Gasteiger partial charge in [-0.05, 0) is 22.9 Å². The van der Waals surface area contributed by atoms with Crippen molar-refractivity contribution in [3.05, 3.63) is 60.5 Å². The molecule has 1 fully saturated rings. The van der Waals surface area contributed by atoms with E-state index in [2.05, 4.69) is 5.16 Å². The predicted molar refractivity (Wildman–Crippen MR) is 95.1 cm³/mol. The largest absolute Gasteiger partial charge is 0.364 e. The number of rotatable bonds is 3. The molecule has 2 aromatic carbocycles. The van der Waals surface area contributed by atoms with Gasteiger partial charge in [-0.15, -0.1) is 0 Å². The Kier molecular flexibility index (Phi) is 4.21. The zero-order valence-corrected chi connectivity index (χ0v) is 14.7. The molecule has 134 valence electrons. The molecule has 4 rings (SSSR count). The number of sulfonamides is 1. The summed E-state index contributed by atoms with van der Waals surface area (Å²) in [6, 6.07) is 14.3. The number of fused-ring (bicyclic) bond motifs is 1. The van der Waals surface area contributed by atoms with E-state index in [1.807, 2.05) is 30.3 Å². The minimum absolute atomic E-state index is 0.232. The highest BCUT2D eigenvalue weighted by Gasteiger charge is 2.31. The summed E-state index contributed by atoms with van der Waals surface area (Å²) in [5, 5.41) is 5.52. The van der Waals surface area contributed by atoms with Gasteiger partial charge in [-0.25, -0.2) is 8.42 Å². The summed E-state index contributed by atoms with van der Waals surface area (Å²) >= 11 is 0. The summed E-state index contributed by atoms with van der Waals surface area (Å²) in [5.74, 6) is -0.249. The molecule has 0 bridgehead atoms. The van der Waals surface area contributed by atoms with Crippen LogP contribution in [0.5, 0.6) is 0 Å². The van der Waals surface area contributed by atoms with Crippen LogP contribution in [0.4, 0.5) is 0 Å². The van der Waals surface area contributed by atoms with Crippen LogP contribution in [-0.4, -0.2) is 54.9 Å². The average Bonchev–Trinajstić information content (AvgIpc) is 3.22. The molecule has 7 nitrogen and oxygen atoms in total. The van der Waals surface area contributed by atoms with E-state index in [1.165, 1.54) is 16.6 Å². The van der Waals surface area contributed by atoms with E-state index in [1.54, 1.807) is 17.0 Å². The van der Waals surface area contributed by atoms with Crippen molar-refractivity contribution < 1.29 is 17.7 Å². The van der Waals surface area contributed by atoms with Gasteiger partial charge in [0.05, 0.1) is 4.90 Å². The molecule has 1 aliphatic rings. The fourth-order valence-corrected chi connectivity index (χ4v) is 4.55. The molecule has 0 spiro atoms. The van der Waals surface area contributed by atoms with Crippen molar-refractivity contribution in [2.75, 3.05) is 26.2 Å². The van der Waals surface area contributed by atoms with Crippen LogP contribution in [0.15, 0.2) is 64.2 Å². The second kappa shape index (κ2) is 6.54. The first-order valence-corrected chi connectivity index (χ1v) is 9.68. The predicted octanol–water partition coefficient (Wildman–Crippen LogP) is 1.97. The second-order valence-electron chi connectivity index (χ2n) is 6.09. The van der Waals surface area contributed by atoms with E-state index in [-0.39, 0.29) is 29.6 Å². The van der Waals surface area contributed by atoms with Gasteiger partial charge in [-0.1, -0.05) is 35.5 Å². The first kappa shape index (κ1) is 16.7. The van der Waals surface area contributed by atoms with Crippen LogP contribution in [0.2, 0.25) is 0 Å². The van der Waals surface area contributed by atoms with Gasteiger partial charge in [0.2, 0.25) is 10.0 Å². The molecule has 1 aliphatic heterocycles. The SMILES string of the molecule is O=C(c1ccon1)N1CCN(S(=O)(=O)c2ccc3ccccc3c2)CC1. The van der Waals surface area contributed by atoms with Gasteiger partial charge in [-0.2, -0.15) is 4.31 Å². The van der Waals surface area contributed by atoms with Crippen molar-refractivity contribution in [2.24, 2.45) is 0 Å². The number of carbonyl (C=O) groups excluding carboxylic acids is 1. The molecular formula is C18H17N3O4S. The summed E-state index contributed by atoms with van der Waals surface area (Å²) in [7, 11) is -3.60. The van der Waals surface area contributed by atoms with Crippen molar-refractivity contribution in [2.45, 2.75) is 4.90 Å². The molecule has 0 unspecified atom stereocenters. The Morgan fingerprint density at radius 2 is 1.69 bits per heavy atom. The first-order chi connectivity index (χ1) is 12.6. The summed E-state index contributed by atoms with van der Waals surface area (Å²) in [5.41, 5.74) is 0.232. The molecule has 1 saturated heterocycles. The first-order valence-electron chi connectivity index (χ1n) is 8.24. The molecule has 0 N–H and O–H groups in total. The zero-order valence-electron chi connectivity index (χ0n) is 13.9. The summed E-state index contributed by atoms with van der Waals surface area (Å²) < 4.78 is 32.0. The van der Waals surface area contributed by atoms with Crippen molar-refractivity contribution in [1.29, 1.82) is 0 Å². The van der Waals surface area contributed by atoms with Crippen LogP contribution in [0.1, 0.15) is 10.5 Å². The Morgan fingerprint density at radius 3 is 2.38 bits per heavy atom. The Balaban J connectivity index is 1.51. The highest BCUT2D eigenvalue weighted by molar-refractivity contribution is 7.89. The third-order valence-electron chi connectivity index (χ3n) is 4.54. The Hall–Kier alpha value is -2.71.